The maximum Gasteiger partial charge on any atom is 0.331 e. The Balaban J connectivity index is 3.31. The fraction of sp³-hybridized carbons (Fsp3) is 0.500. The first-order valence-corrected chi connectivity index (χ1v) is 5.23. The van der Waals surface area contributed by atoms with Crippen LogP contribution in [0.4, 0.5) is 0 Å². The molecular weight excluding hydrogens is 208 g/mol. The fourth-order valence-corrected chi connectivity index (χ4v) is 2.16. The minimum atomic E-state index is -1.11. The van der Waals surface area contributed by atoms with Gasteiger partial charge >= 0.3 is 11.9 Å². The minimum Gasteiger partial charge on any atom is -0.481 e. The van der Waals surface area contributed by atoms with Crippen LogP contribution in [-0.4, -0.2) is 22.2 Å². The van der Waals surface area contributed by atoms with Crippen molar-refractivity contribution in [3.8, 4) is 0 Å². The number of carboxylic acid groups (broad SMARTS) is 2. The lowest BCUT2D eigenvalue weighted by Crippen LogP contribution is -2.40. The van der Waals surface area contributed by atoms with Gasteiger partial charge < -0.3 is 10.2 Å². The first kappa shape index (κ1) is 12.5. The van der Waals surface area contributed by atoms with E-state index in [9.17, 15) is 14.7 Å². The molecule has 0 aromatic carbocycles. The van der Waals surface area contributed by atoms with Gasteiger partial charge in [0.2, 0.25) is 0 Å². The number of hydrogen-bond donors (Lipinski definition) is 2. The third-order valence-corrected chi connectivity index (χ3v) is 3.54. The molecule has 0 aromatic rings. The SMILES string of the molecule is CCC1=CC=C(C(=O)O)C(C)C1(C)C(=O)O. The van der Waals surface area contributed by atoms with E-state index >= 15 is 0 Å². The van der Waals surface area contributed by atoms with E-state index in [2.05, 4.69) is 0 Å². The lowest BCUT2D eigenvalue weighted by molar-refractivity contribution is -0.148. The molecule has 0 aliphatic heterocycles. The fourth-order valence-electron chi connectivity index (χ4n) is 2.16. The Kier molecular flexibility index (Phi) is 3.21. The van der Waals surface area contributed by atoms with E-state index in [1.807, 2.05) is 6.92 Å². The molecule has 2 atom stereocenters. The van der Waals surface area contributed by atoms with E-state index in [1.165, 1.54) is 6.08 Å². The summed E-state index contributed by atoms with van der Waals surface area (Å²) in [6.07, 6.45) is 3.74. The Morgan fingerprint density at radius 2 is 1.94 bits per heavy atom. The zero-order chi connectivity index (χ0) is 12.5. The molecule has 0 aromatic heterocycles. The second-order valence-electron chi connectivity index (χ2n) is 4.20. The van der Waals surface area contributed by atoms with Gasteiger partial charge in [-0.05, 0) is 13.3 Å². The van der Waals surface area contributed by atoms with Gasteiger partial charge in [0.1, 0.15) is 0 Å². The molecule has 4 nitrogen and oxygen atoms in total. The van der Waals surface area contributed by atoms with Gasteiger partial charge in [-0.1, -0.05) is 31.6 Å². The monoisotopic (exact) mass is 224 g/mol. The summed E-state index contributed by atoms with van der Waals surface area (Å²) in [6.45, 7) is 5.11. The Labute approximate surface area is 94.3 Å². The quantitative estimate of drug-likeness (QED) is 0.769. The Bertz CT molecular complexity index is 392. The second-order valence-corrected chi connectivity index (χ2v) is 4.20. The van der Waals surface area contributed by atoms with Crippen LogP contribution in [0.25, 0.3) is 0 Å². The van der Waals surface area contributed by atoms with Gasteiger partial charge in [-0.2, -0.15) is 0 Å². The number of allylic oxidation sites excluding steroid dienone is 2. The topological polar surface area (TPSA) is 74.6 Å². The van der Waals surface area contributed by atoms with Crippen molar-refractivity contribution in [2.24, 2.45) is 11.3 Å². The van der Waals surface area contributed by atoms with Crippen LogP contribution in [0.15, 0.2) is 23.3 Å². The first-order valence-electron chi connectivity index (χ1n) is 5.23. The molecule has 0 amide bonds. The van der Waals surface area contributed by atoms with Crippen LogP contribution in [-0.2, 0) is 9.59 Å². The van der Waals surface area contributed by atoms with Crippen molar-refractivity contribution >= 4 is 11.9 Å². The van der Waals surface area contributed by atoms with E-state index < -0.39 is 23.3 Å². The maximum atomic E-state index is 11.4. The third kappa shape index (κ3) is 1.64. The second kappa shape index (κ2) is 4.12. The van der Waals surface area contributed by atoms with Gasteiger partial charge in [0.15, 0.2) is 0 Å². The maximum absolute atomic E-state index is 11.4. The summed E-state index contributed by atoms with van der Waals surface area (Å²) in [7, 11) is 0. The van der Waals surface area contributed by atoms with Crippen molar-refractivity contribution in [2.45, 2.75) is 27.2 Å². The van der Waals surface area contributed by atoms with E-state index in [0.717, 1.165) is 5.57 Å². The molecule has 2 N–H and O–H groups in total. The Morgan fingerprint density at radius 1 is 1.38 bits per heavy atom. The van der Waals surface area contributed by atoms with Gasteiger partial charge in [0.25, 0.3) is 0 Å². The molecule has 0 saturated carbocycles. The average molecular weight is 224 g/mol. The van der Waals surface area contributed by atoms with Crippen LogP contribution in [0.5, 0.6) is 0 Å². The highest BCUT2D eigenvalue weighted by atomic mass is 16.4. The smallest absolute Gasteiger partial charge is 0.331 e. The third-order valence-electron chi connectivity index (χ3n) is 3.54. The summed E-state index contributed by atoms with van der Waals surface area (Å²) < 4.78 is 0. The summed E-state index contributed by atoms with van der Waals surface area (Å²) >= 11 is 0. The highest BCUT2D eigenvalue weighted by Crippen LogP contribution is 2.44. The van der Waals surface area contributed by atoms with E-state index in [0.29, 0.717) is 6.42 Å². The number of carbonyl (C=O) groups is 2. The number of carboxylic acids is 2. The summed E-state index contributed by atoms with van der Waals surface area (Å²) in [6, 6.07) is 0. The molecule has 0 bridgehead atoms. The molecule has 2 unspecified atom stereocenters. The van der Waals surface area contributed by atoms with E-state index in [-0.39, 0.29) is 5.57 Å². The number of hydrogen-bond acceptors (Lipinski definition) is 2. The highest BCUT2D eigenvalue weighted by Gasteiger charge is 2.46. The first-order chi connectivity index (χ1) is 7.35. The normalized spacial score (nSPS) is 29.3. The van der Waals surface area contributed by atoms with Crippen LogP contribution in [0.3, 0.4) is 0 Å². The Morgan fingerprint density at radius 3 is 2.31 bits per heavy atom. The standard InChI is InChI=1S/C12H16O4/c1-4-8-5-6-9(10(13)14)7(2)12(8,3)11(15)16/h5-7H,4H2,1-3H3,(H,13,14)(H,15,16). The molecule has 0 spiro atoms. The van der Waals surface area contributed by atoms with Crippen LogP contribution in [0.2, 0.25) is 0 Å². The average Bonchev–Trinajstić information content (AvgIpc) is 2.21. The largest absolute Gasteiger partial charge is 0.481 e. The zero-order valence-electron chi connectivity index (χ0n) is 9.65. The predicted octanol–water partition coefficient (Wildman–Crippen LogP) is 2.07. The van der Waals surface area contributed by atoms with Gasteiger partial charge in [-0.25, -0.2) is 4.79 Å². The summed E-state index contributed by atoms with van der Waals surface area (Å²) in [4.78, 5) is 22.3. The van der Waals surface area contributed by atoms with Crippen molar-refractivity contribution in [3.05, 3.63) is 23.3 Å². The lowest BCUT2D eigenvalue weighted by atomic mass is 9.66. The molecule has 88 valence electrons. The molecule has 1 rings (SSSR count). The highest BCUT2D eigenvalue weighted by molar-refractivity contribution is 5.91. The number of rotatable bonds is 3. The molecule has 1 aliphatic carbocycles. The van der Waals surface area contributed by atoms with Crippen molar-refractivity contribution in [3.63, 3.8) is 0 Å². The van der Waals surface area contributed by atoms with Crippen molar-refractivity contribution in [2.75, 3.05) is 0 Å². The van der Waals surface area contributed by atoms with Gasteiger partial charge in [0, 0.05) is 11.5 Å². The molecular formula is C12H16O4. The van der Waals surface area contributed by atoms with Crippen LogP contribution >= 0.6 is 0 Å². The molecule has 1 aliphatic rings. The minimum absolute atomic E-state index is 0.155. The van der Waals surface area contributed by atoms with E-state index in [1.54, 1.807) is 19.9 Å². The zero-order valence-corrected chi connectivity index (χ0v) is 9.65. The molecule has 0 saturated heterocycles. The van der Waals surface area contributed by atoms with Gasteiger partial charge in [-0.3, -0.25) is 4.79 Å². The summed E-state index contributed by atoms with van der Waals surface area (Å²) in [5, 5.41) is 18.3. The van der Waals surface area contributed by atoms with E-state index in [4.69, 9.17) is 5.11 Å². The van der Waals surface area contributed by atoms with Gasteiger partial charge in [0.05, 0.1) is 5.41 Å². The van der Waals surface area contributed by atoms with Crippen molar-refractivity contribution in [1.82, 2.24) is 0 Å². The van der Waals surface area contributed by atoms with Crippen LogP contribution in [0.1, 0.15) is 27.2 Å². The molecule has 0 fully saturated rings. The van der Waals surface area contributed by atoms with Crippen molar-refractivity contribution < 1.29 is 19.8 Å². The van der Waals surface area contributed by atoms with Crippen LogP contribution < -0.4 is 0 Å². The molecule has 0 radical (unpaired) electrons. The summed E-state index contributed by atoms with van der Waals surface area (Å²) in [5.41, 5.74) is -0.198. The number of aliphatic carboxylic acids is 2. The Hall–Kier alpha value is -1.58. The predicted molar refractivity (Wildman–Crippen MR) is 59.0 cm³/mol. The van der Waals surface area contributed by atoms with Crippen LogP contribution in [0, 0.1) is 11.3 Å². The van der Waals surface area contributed by atoms with Crippen molar-refractivity contribution in [1.29, 1.82) is 0 Å². The molecule has 4 heteroatoms. The molecule has 16 heavy (non-hydrogen) atoms. The lowest BCUT2D eigenvalue weighted by Gasteiger charge is -2.36. The summed E-state index contributed by atoms with van der Waals surface area (Å²) in [5.74, 6) is -2.55. The molecule has 0 heterocycles. The van der Waals surface area contributed by atoms with Gasteiger partial charge in [-0.15, -0.1) is 0 Å².